The summed E-state index contributed by atoms with van der Waals surface area (Å²) in [7, 11) is 0. The van der Waals surface area contributed by atoms with Crippen molar-refractivity contribution >= 4 is 11.9 Å². The SMILES string of the molecule is CC/C=C\C/C=C\C/C=C\C/C=C\C/C=C\C/C=C\CCCCC(=O)OC(CCCCCCCCCCCCCCCCCC)CCC(=O)O. The van der Waals surface area contributed by atoms with Crippen LogP contribution < -0.4 is 0 Å². The predicted octanol–water partition coefficient (Wildman–Crippen LogP) is 14.7. The van der Waals surface area contributed by atoms with Crippen molar-refractivity contribution in [3.05, 3.63) is 72.9 Å². The molecule has 4 nitrogen and oxygen atoms in total. The molecule has 0 saturated carbocycles. The van der Waals surface area contributed by atoms with Crippen molar-refractivity contribution in [2.45, 2.75) is 206 Å². The maximum absolute atomic E-state index is 12.5. The van der Waals surface area contributed by atoms with Gasteiger partial charge >= 0.3 is 11.9 Å². The van der Waals surface area contributed by atoms with Gasteiger partial charge in [-0.2, -0.15) is 0 Å². The van der Waals surface area contributed by atoms with E-state index in [1.807, 2.05) is 0 Å². The van der Waals surface area contributed by atoms with Gasteiger partial charge in [-0.3, -0.25) is 9.59 Å². The van der Waals surface area contributed by atoms with E-state index in [1.165, 1.54) is 89.9 Å². The van der Waals surface area contributed by atoms with Gasteiger partial charge < -0.3 is 9.84 Å². The van der Waals surface area contributed by atoms with Gasteiger partial charge in [0.2, 0.25) is 0 Å². The number of hydrogen-bond donors (Lipinski definition) is 1. The van der Waals surface area contributed by atoms with E-state index in [4.69, 9.17) is 9.84 Å². The number of carbonyl (C=O) groups is 2. The summed E-state index contributed by atoms with van der Waals surface area (Å²) in [4.78, 5) is 23.6. The normalized spacial score (nSPS) is 13.0. The second-order valence-electron chi connectivity index (χ2n) is 13.8. The monoisotopic (exact) mass is 695 g/mol. The van der Waals surface area contributed by atoms with E-state index in [1.54, 1.807) is 0 Å². The minimum absolute atomic E-state index is 0.0550. The molecular weight excluding hydrogens is 617 g/mol. The van der Waals surface area contributed by atoms with E-state index in [0.29, 0.717) is 12.8 Å². The number of rotatable bonds is 37. The molecule has 0 fully saturated rings. The Morgan fingerprint density at radius 2 is 0.860 bits per heavy atom. The Labute approximate surface area is 309 Å². The van der Waals surface area contributed by atoms with Crippen LogP contribution in [0.15, 0.2) is 72.9 Å². The molecule has 50 heavy (non-hydrogen) atoms. The number of esters is 1. The zero-order valence-corrected chi connectivity index (χ0v) is 32.7. The molecule has 0 aliphatic rings. The Hall–Kier alpha value is -2.62. The number of carboxylic acids is 1. The van der Waals surface area contributed by atoms with Crippen molar-refractivity contribution in [3.63, 3.8) is 0 Å². The molecule has 0 aliphatic heterocycles. The molecule has 4 heteroatoms. The molecule has 286 valence electrons. The van der Waals surface area contributed by atoms with Crippen LogP contribution in [0.5, 0.6) is 0 Å². The third-order valence-corrected chi connectivity index (χ3v) is 8.96. The maximum atomic E-state index is 12.5. The Bertz CT molecular complexity index is 922. The lowest BCUT2D eigenvalue weighted by atomic mass is 10.0. The van der Waals surface area contributed by atoms with Gasteiger partial charge in [0, 0.05) is 12.8 Å². The lowest BCUT2D eigenvalue weighted by Crippen LogP contribution is -2.19. The molecule has 0 saturated heterocycles. The maximum Gasteiger partial charge on any atom is 0.306 e. The van der Waals surface area contributed by atoms with Crippen LogP contribution in [0.2, 0.25) is 0 Å². The number of allylic oxidation sites excluding steroid dienone is 12. The van der Waals surface area contributed by atoms with Crippen LogP contribution in [0.25, 0.3) is 0 Å². The van der Waals surface area contributed by atoms with Gasteiger partial charge in [-0.05, 0) is 77.0 Å². The molecule has 1 N–H and O–H groups in total. The number of unbranched alkanes of at least 4 members (excludes halogenated alkanes) is 17. The minimum atomic E-state index is -0.825. The Kier molecular flexibility index (Phi) is 38.7. The molecule has 0 amide bonds. The first-order valence-corrected chi connectivity index (χ1v) is 20.9. The van der Waals surface area contributed by atoms with Crippen LogP contribution in [-0.4, -0.2) is 23.1 Å². The van der Waals surface area contributed by atoms with Crippen LogP contribution in [0.4, 0.5) is 0 Å². The smallest absolute Gasteiger partial charge is 0.306 e. The first-order valence-electron chi connectivity index (χ1n) is 20.9. The summed E-state index contributed by atoms with van der Waals surface area (Å²) >= 11 is 0. The van der Waals surface area contributed by atoms with Crippen molar-refractivity contribution in [1.82, 2.24) is 0 Å². The predicted molar refractivity (Wildman–Crippen MR) is 218 cm³/mol. The number of aliphatic carboxylic acids is 1. The molecule has 0 bridgehead atoms. The number of ether oxygens (including phenoxy) is 1. The standard InChI is InChI=1S/C46H78O4/c1-3-5-7-9-11-13-15-17-19-21-22-23-24-25-27-29-31-33-35-37-39-41-46(49)50-44(42-43-45(47)48)40-38-36-34-32-30-28-26-20-18-16-14-12-10-8-6-4-2/h5,7,11,13,17,19,22-23,25,27,31,33,44H,3-4,6,8-10,12,14-16,18,20-21,24,26,28-30,32,34-43H2,1-2H3,(H,47,48)/b7-5-,13-11-,19-17-,23-22-,27-25-,33-31-. The quantitative estimate of drug-likeness (QED) is 0.0399. The molecule has 0 rings (SSSR count). The fourth-order valence-electron chi connectivity index (χ4n) is 5.88. The molecule has 0 spiro atoms. The third-order valence-electron chi connectivity index (χ3n) is 8.96. The summed E-state index contributed by atoms with van der Waals surface area (Å²) in [6.07, 6.45) is 57.8. The van der Waals surface area contributed by atoms with E-state index < -0.39 is 5.97 Å². The summed E-state index contributed by atoms with van der Waals surface area (Å²) in [6, 6.07) is 0. The fraction of sp³-hybridized carbons (Fsp3) is 0.696. The molecule has 0 aromatic heterocycles. The number of hydrogen-bond acceptors (Lipinski definition) is 3. The topological polar surface area (TPSA) is 63.6 Å². The van der Waals surface area contributed by atoms with Gasteiger partial charge in [-0.15, -0.1) is 0 Å². The highest BCUT2D eigenvalue weighted by atomic mass is 16.5. The lowest BCUT2D eigenvalue weighted by Gasteiger charge is -2.17. The zero-order valence-electron chi connectivity index (χ0n) is 32.7. The van der Waals surface area contributed by atoms with Gasteiger partial charge in [-0.25, -0.2) is 0 Å². The van der Waals surface area contributed by atoms with Crippen LogP contribution >= 0.6 is 0 Å². The average molecular weight is 695 g/mol. The zero-order chi connectivity index (χ0) is 36.4. The molecule has 0 aliphatic carbocycles. The van der Waals surface area contributed by atoms with Gasteiger partial charge in [0.1, 0.15) is 6.10 Å². The summed E-state index contributed by atoms with van der Waals surface area (Å²) in [5.41, 5.74) is 0. The summed E-state index contributed by atoms with van der Waals surface area (Å²) in [5, 5.41) is 9.14. The van der Waals surface area contributed by atoms with Gasteiger partial charge in [0.05, 0.1) is 0 Å². The molecule has 0 heterocycles. The average Bonchev–Trinajstić information content (AvgIpc) is 3.10. The van der Waals surface area contributed by atoms with Crippen LogP contribution in [0.3, 0.4) is 0 Å². The van der Waals surface area contributed by atoms with Crippen molar-refractivity contribution in [2.24, 2.45) is 0 Å². The van der Waals surface area contributed by atoms with E-state index in [9.17, 15) is 9.59 Å². The Morgan fingerprint density at radius 1 is 0.460 bits per heavy atom. The third kappa shape index (κ3) is 39.8. The van der Waals surface area contributed by atoms with Crippen molar-refractivity contribution in [1.29, 1.82) is 0 Å². The first kappa shape index (κ1) is 47.4. The Morgan fingerprint density at radius 3 is 1.28 bits per heavy atom. The van der Waals surface area contributed by atoms with Gasteiger partial charge in [0.15, 0.2) is 0 Å². The minimum Gasteiger partial charge on any atom is -0.481 e. The number of carboxylic acid groups (broad SMARTS) is 1. The van der Waals surface area contributed by atoms with Crippen LogP contribution in [-0.2, 0) is 14.3 Å². The van der Waals surface area contributed by atoms with E-state index in [-0.39, 0.29) is 18.5 Å². The van der Waals surface area contributed by atoms with Crippen molar-refractivity contribution in [3.8, 4) is 0 Å². The Balaban J connectivity index is 3.85. The highest BCUT2D eigenvalue weighted by Gasteiger charge is 2.15. The molecule has 0 radical (unpaired) electrons. The molecule has 1 unspecified atom stereocenters. The van der Waals surface area contributed by atoms with E-state index in [2.05, 4.69) is 86.8 Å². The highest BCUT2D eigenvalue weighted by Crippen LogP contribution is 2.17. The second kappa shape index (κ2) is 40.8. The molecule has 1 atom stereocenters. The summed E-state index contributed by atoms with van der Waals surface area (Å²) in [5.74, 6) is -1.01. The first-order chi connectivity index (χ1) is 24.6. The van der Waals surface area contributed by atoms with Crippen LogP contribution in [0.1, 0.15) is 200 Å². The van der Waals surface area contributed by atoms with Crippen molar-refractivity contribution < 1.29 is 19.4 Å². The van der Waals surface area contributed by atoms with E-state index in [0.717, 1.165) is 77.0 Å². The van der Waals surface area contributed by atoms with Gasteiger partial charge in [-0.1, -0.05) is 183 Å². The highest BCUT2D eigenvalue weighted by molar-refractivity contribution is 5.69. The largest absolute Gasteiger partial charge is 0.481 e. The van der Waals surface area contributed by atoms with Crippen LogP contribution in [0, 0.1) is 0 Å². The fourth-order valence-corrected chi connectivity index (χ4v) is 5.88. The van der Waals surface area contributed by atoms with Crippen molar-refractivity contribution in [2.75, 3.05) is 0 Å². The molecule has 0 aromatic rings. The summed E-state index contributed by atoms with van der Waals surface area (Å²) < 4.78 is 5.73. The molecular formula is C46H78O4. The summed E-state index contributed by atoms with van der Waals surface area (Å²) in [6.45, 7) is 4.43. The molecule has 0 aromatic carbocycles. The second-order valence-corrected chi connectivity index (χ2v) is 13.8. The number of carbonyl (C=O) groups excluding carboxylic acids is 1. The lowest BCUT2D eigenvalue weighted by molar-refractivity contribution is -0.151. The van der Waals surface area contributed by atoms with Gasteiger partial charge in [0.25, 0.3) is 0 Å². The van der Waals surface area contributed by atoms with E-state index >= 15 is 0 Å².